The maximum atomic E-state index is 3.61. The van der Waals surface area contributed by atoms with Crippen molar-refractivity contribution < 1.29 is 0 Å². The lowest BCUT2D eigenvalue weighted by molar-refractivity contribution is 0.201. The molecule has 0 amide bonds. The lowest BCUT2D eigenvalue weighted by atomic mass is 10.1. The summed E-state index contributed by atoms with van der Waals surface area (Å²) in [5.41, 5.74) is 2.90. The number of likely N-dealkylation sites (tertiary alicyclic amines) is 1. The molecular weight excluding hydrogens is 258 g/mol. The highest BCUT2D eigenvalue weighted by molar-refractivity contribution is 5.23. The van der Waals surface area contributed by atoms with Crippen LogP contribution in [0.15, 0.2) is 24.3 Å². The van der Waals surface area contributed by atoms with Crippen molar-refractivity contribution in [3.63, 3.8) is 0 Å². The summed E-state index contributed by atoms with van der Waals surface area (Å²) in [5, 5.41) is 3.61. The van der Waals surface area contributed by atoms with Gasteiger partial charge in [-0.15, -0.1) is 0 Å². The maximum Gasteiger partial charge on any atom is 0.0237 e. The highest BCUT2D eigenvalue weighted by atomic mass is 15.2. The Bertz CT molecular complexity index is 454. The molecule has 1 unspecified atom stereocenters. The molecule has 1 aromatic carbocycles. The summed E-state index contributed by atoms with van der Waals surface area (Å²) in [4.78, 5) is 4.98. The summed E-state index contributed by atoms with van der Waals surface area (Å²) in [6.45, 7) is 4.57. The van der Waals surface area contributed by atoms with Crippen molar-refractivity contribution in [3.05, 3.63) is 35.4 Å². The number of benzene rings is 1. The molecule has 1 aliphatic carbocycles. The Balaban J connectivity index is 1.56. The van der Waals surface area contributed by atoms with Crippen LogP contribution < -0.4 is 5.32 Å². The quantitative estimate of drug-likeness (QED) is 0.831. The molecule has 21 heavy (non-hydrogen) atoms. The average Bonchev–Trinajstić information content (AvgIpc) is 3.19. The normalized spacial score (nSPS) is 23.1. The van der Waals surface area contributed by atoms with Gasteiger partial charge in [-0.2, -0.15) is 0 Å². The van der Waals surface area contributed by atoms with E-state index in [2.05, 4.69) is 53.5 Å². The minimum Gasteiger partial charge on any atom is -0.310 e. The number of nitrogens with one attached hydrogen (secondary N) is 1. The standard InChI is InChI=1S/C18H29N3/c1-20(2)14-18-7-4-10-21(18)13-16-6-3-5-15(11-16)12-19-17-8-9-17/h3,5-6,11,17-19H,4,7-10,12-14H2,1-2H3. The first kappa shape index (κ1) is 15.0. The van der Waals surface area contributed by atoms with E-state index < -0.39 is 0 Å². The first-order chi connectivity index (χ1) is 10.2. The van der Waals surface area contributed by atoms with Crippen LogP contribution in [0, 0.1) is 0 Å². The minimum atomic E-state index is 0.730. The number of rotatable bonds is 7. The predicted octanol–water partition coefficient (Wildman–Crippen LogP) is 2.46. The van der Waals surface area contributed by atoms with Gasteiger partial charge in [-0.05, 0) is 57.5 Å². The summed E-state index contributed by atoms with van der Waals surface area (Å²) < 4.78 is 0. The van der Waals surface area contributed by atoms with Crippen LogP contribution in [-0.4, -0.2) is 49.1 Å². The van der Waals surface area contributed by atoms with Crippen molar-refractivity contribution >= 4 is 0 Å². The molecule has 2 aliphatic rings. The maximum absolute atomic E-state index is 3.61. The van der Waals surface area contributed by atoms with Gasteiger partial charge in [-0.25, -0.2) is 0 Å². The smallest absolute Gasteiger partial charge is 0.0237 e. The van der Waals surface area contributed by atoms with E-state index in [-0.39, 0.29) is 0 Å². The fourth-order valence-corrected chi connectivity index (χ4v) is 3.35. The molecule has 0 radical (unpaired) electrons. The third-order valence-electron chi connectivity index (χ3n) is 4.62. The number of hydrogen-bond donors (Lipinski definition) is 1. The van der Waals surface area contributed by atoms with Crippen molar-refractivity contribution in [2.24, 2.45) is 0 Å². The molecule has 116 valence electrons. The van der Waals surface area contributed by atoms with Crippen LogP contribution in [0.4, 0.5) is 0 Å². The van der Waals surface area contributed by atoms with Crippen molar-refractivity contribution in [2.45, 2.75) is 50.9 Å². The molecule has 0 bridgehead atoms. The summed E-state index contributed by atoms with van der Waals surface area (Å²) in [6.07, 6.45) is 5.42. The first-order valence-electron chi connectivity index (χ1n) is 8.41. The topological polar surface area (TPSA) is 18.5 Å². The highest BCUT2D eigenvalue weighted by Crippen LogP contribution is 2.22. The van der Waals surface area contributed by atoms with Crippen LogP contribution in [0.1, 0.15) is 36.8 Å². The predicted molar refractivity (Wildman–Crippen MR) is 88.3 cm³/mol. The Labute approximate surface area is 129 Å². The Kier molecular flexibility index (Phi) is 4.94. The van der Waals surface area contributed by atoms with Gasteiger partial charge in [0.15, 0.2) is 0 Å². The number of likely N-dealkylation sites (N-methyl/N-ethyl adjacent to an activating group) is 1. The van der Waals surface area contributed by atoms with Gasteiger partial charge < -0.3 is 10.2 Å². The van der Waals surface area contributed by atoms with Gasteiger partial charge in [-0.3, -0.25) is 4.90 Å². The Hall–Kier alpha value is -0.900. The first-order valence-corrected chi connectivity index (χ1v) is 8.41. The lowest BCUT2D eigenvalue weighted by Crippen LogP contribution is -2.37. The van der Waals surface area contributed by atoms with Crippen LogP contribution in [0.3, 0.4) is 0 Å². The minimum absolute atomic E-state index is 0.730. The molecular formula is C18H29N3. The summed E-state index contributed by atoms with van der Waals surface area (Å²) >= 11 is 0. The molecule has 3 rings (SSSR count). The van der Waals surface area contributed by atoms with Crippen molar-refractivity contribution in [3.8, 4) is 0 Å². The fraction of sp³-hybridized carbons (Fsp3) is 0.667. The second kappa shape index (κ2) is 6.91. The van der Waals surface area contributed by atoms with Crippen LogP contribution in [0.25, 0.3) is 0 Å². The van der Waals surface area contributed by atoms with Crippen molar-refractivity contribution in [2.75, 3.05) is 27.2 Å². The van der Waals surface area contributed by atoms with Gasteiger partial charge >= 0.3 is 0 Å². The number of nitrogens with zero attached hydrogens (tertiary/aromatic N) is 2. The van der Waals surface area contributed by atoms with E-state index in [1.165, 1.54) is 49.9 Å². The molecule has 1 aliphatic heterocycles. The average molecular weight is 287 g/mol. The SMILES string of the molecule is CN(C)CC1CCCN1Cc1cccc(CNC2CC2)c1. The summed E-state index contributed by atoms with van der Waals surface area (Å²) in [6, 6.07) is 10.7. The largest absolute Gasteiger partial charge is 0.310 e. The molecule has 1 saturated heterocycles. The second-order valence-corrected chi connectivity index (χ2v) is 7.00. The molecule has 1 heterocycles. The molecule has 1 saturated carbocycles. The summed E-state index contributed by atoms with van der Waals surface area (Å²) in [5.74, 6) is 0. The second-order valence-electron chi connectivity index (χ2n) is 7.00. The zero-order valence-electron chi connectivity index (χ0n) is 13.5. The van der Waals surface area contributed by atoms with Crippen molar-refractivity contribution in [1.82, 2.24) is 15.1 Å². The van der Waals surface area contributed by atoms with Crippen LogP contribution in [-0.2, 0) is 13.1 Å². The highest BCUT2D eigenvalue weighted by Gasteiger charge is 2.25. The molecule has 3 nitrogen and oxygen atoms in total. The monoisotopic (exact) mass is 287 g/mol. The van der Waals surface area contributed by atoms with Gasteiger partial charge in [0.25, 0.3) is 0 Å². The zero-order valence-corrected chi connectivity index (χ0v) is 13.5. The van der Waals surface area contributed by atoms with Gasteiger partial charge in [-0.1, -0.05) is 24.3 Å². The van der Waals surface area contributed by atoms with Crippen LogP contribution in [0.5, 0.6) is 0 Å². The van der Waals surface area contributed by atoms with E-state index in [0.29, 0.717) is 0 Å². The Morgan fingerprint density at radius 1 is 1.19 bits per heavy atom. The van der Waals surface area contributed by atoms with E-state index in [1.807, 2.05) is 0 Å². The zero-order chi connectivity index (χ0) is 14.7. The fourth-order valence-electron chi connectivity index (χ4n) is 3.35. The van der Waals surface area contributed by atoms with E-state index in [1.54, 1.807) is 0 Å². The lowest BCUT2D eigenvalue weighted by Gasteiger charge is -2.27. The van der Waals surface area contributed by atoms with E-state index in [9.17, 15) is 0 Å². The molecule has 1 N–H and O–H groups in total. The molecule has 2 fully saturated rings. The molecule has 0 spiro atoms. The molecule has 3 heteroatoms. The Morgan fingerprint density at radius 3 is 2.76 bits per heavy atom. The molecule has 1 atom stereocenters. The Morgan fingerprint density at radius 2 is 2.00 bits per heavy atom. The third kappa shape index (κ3) is 4.53. The summed E-state index contributed by atoms with van der Waals surface area (Å²) in [7, 11) is 4.36. The van der Waals surface area contributed by atoms with Crippen LogP contribution in [0.2, 0.25) is 0 Å². The van der Waals surface area contributed by atoms with Crippen molar-refractivity contribution in [1.29, 1.82) is 0 Å². The van der Waals surface area contributed by atoms with E-state index >= 15 is 0 Å². The van der Waals surface area contributed by atoms with Gasteiger partial charge in [0, 0.05) is 31.7 Å². The molecule has 0 aromatic heterocycles. The number of hydrogen-bond acceptors (Lipinski definition) is 3. The van der Waals surface area contributed by atoms with Gasteiger partial charge in [0.1, 0.15) is 0 Å². The third-order valence-corrected chi connectivity index (χ3v) is 4.62. The molecule has 1 aromatic rings. The van der Waals surface area contributed by atoms with Crippen LogP contribution >= 0.6 is 0 Å². The van der Waals surface area contributed by atoms with Gasteiger partial charge in [0.2, 0.25) is 0 Å². The van der Waals surface area contributed by atoms with E-state index in [0.717, 1.165) is 25.2 Å². The van der Waals surface area contributed by atoms with Gasteiger partial charge in [0.05, 0.1) is 0 Å². The van der Waals surface area contributed by atoms with E-state index in [4.69, 9.17) is 0 Å².